The fraction of sp³-hybridized carbons (Fsp3) is 0.940. The Morgan fingerprint density at radius 3 is 1.44 bits per heavy atom. The Labute approximate surface area is 365 Å². The van der Waals surface area contributed by atoms with Crippen LogP contribution in [0.1, 0.15) is 227 Å². The second-order valence-electron chi connectivity index (χ2n) is 17.8. The lowest BCUT2D eigenvalue weighted by Gasteiger charge is -2.25. The molecule has 2 N–H and O–H groups in total. The maximum Gasteiger partial charge on any atom is 0.305 e. The number of nitrogens with one attached hydrogen (secondary N) is 1. The zero-order valence-electron chi connectivity index (χ0n) is 39.8. The minimum absolute atomic E-state index is 0.00118. The van der Waals surface area contributed by atoms with E-state index in [-0.39, 0.29) is 30.4 Å². The SMILES string of the molecule is CCCCCCCCC(CCCCCC)CNC(=O)CCCCCN(C)CCN(CCO)CCCCC(COC(=O)CCCCCCC)COC(=O)CCCCCCC. The molecule has 0 saturated carbocycles. The van der Waals surface area contributed by atoms with Crippen LogP contribution in [0.15, 0.2) is 0 Å². The highest BCUT2D eigenvalue weighted by molar-refractivity contribution is 5.75. The van der Waals surface area contributed by atoms with Crippen LogP contribution in [0.5, 0.6) is 0 Å². The van der Waals surface area contributed by atoms with Gasteiger partial charge in [-0.05, 0) is 77.4 Å². The zero-order chi connectivity index (χ0) is 43.4. The van der Waals surface area contributed by atoms with Crippen LogP contribution in [-0.2, 0) is 23.9 Å². The first-order valence-corrected chi connectivity index (χ1v) is 25.4. The van der Waals surface area contributed by atoms with E-state index in [1.165, 1.54) is 103 Å². The van der Waals surface area contributed by atoms with E-state index in [1.54, 1.807) is 0 Å². The highest BCUT2D eigenvalue weighted by Gasteiger charge is 2.16. The fourth-order valence-corrected chi connectivity index (χ4v) is 7.81. The third-order valence-corrected chi connectivity index (χ3v) is 11.9. The third kappa shape index (κ3) is 40.1. The predicted octanol–water partition coefficient (Wildman–Crippen LogP) is 11.8. The molecule has 0 spiro atoms. The Kier molecular flexibility index (Phi) is 43.1. The van der Waals surface area contributed by atoms with Gasteiger partial charge in [0.05, 0.1) is 19.8 Å². The molecule has 0 radical (unpaired) electrons. The van der Waals surface area contributed by atoms with Crippen molar-refractivity contribution in [3.8, 4) is 0 Å². The molecule has 0 aromatic rings. The number of aliphatic hydroxyl groups is 1. The number of likely N-dealkylation sites (N-methyl/N-ethyl adjacent to an activating group) is 1. The van der Waals surface area contributed by atoms with Crippen LogP contribution < -0.4 is 5.32 Å². The molecule has 0 aliphatic carbocycles. The highest BCUT2D eigenvalue weighted by Crippen LogP contribution is 2.19. The fourth-order valence-electron chi connectivity index (χ4n) is 7.81. The van der Waals surface area contributed by atoms with Crippen LogP contribution in [0, 0.1) is 11.8 Å². The molecular weight excluding hydrogens is 739 g/mol. The maximum atomic E-state index is 12.7. The number of unbranched alkanes of at least 4 members (excludes halogenated alkanes) is 19. The average Bonchev–Trinajstić information content (AvgIpc) is 3.23. The van der Waals surface area contributed by atoms with Gasteiger partial charge in [0.2, 0.25) is 5.91 Å². The van der Waals surface area contributed by atoms with Crippen LogP contribution in [0.3, 0.4) is 0 Å². The summed E-state index contributed by atoms with van der Waals surface area (Å²) < 4.78 is 11.3. The third-order valence-electron chi connectivity index (χ3n) is 11.9. The second-order valence-corrected chi connectivity index (χ2v) is 17.8. The van der Waals surface area contributed by atoms with Crippen molar-refractivity contribution in [1.29, 1.82) is 0 Å². The largest absolute Gasteiger partial charge is 0.465 e. The van der Waals surface area contributed by atoms with Crippen molar-refractivity contribution in [1.82, 2.24) is 15.1 Å². The first kappa shape index (κ1) is 57.3. The van der Waals surface area contributed by atoms with Crippen LogP contribution >= 0.6 is 0 Å². The monoisotopic (exact) mass is 838 g/mol. The Bertz CT molecular complexity index is 906. The number of ether oxygens (including phenoxy) is 2. The van der Waals surface area contributed by atoms with E-state index >= 15 is 0 Å². The number of carbonyl (C=O) groups excluding carboxylic acids is 3. The summed E-state index contributed by atoms with van der Waals surface area (Å²) in [7, 11) is 2.16. The number of amides is 1. The number of aliphatic hydroxyl groups excluding tert-OH is 1. The van der Waals surface area contributed by atoms with Gasteiger partial charge in [0.25, 0.3) is 0 Å². The van der Waals surface area contributed by atoms with E-state index in [9.17, 15) is 19.5 Å². The molecule has 0 aliphatic heterocycles. The first-order chi connectivity index (χ1) is 28.8. The quantitative estimate of drug-likeness (QED) is 0.0461. The molecule has 0 fully saturated rings. The van der Waals surface area contributed by atoms with Gasteiger partial charge in [-0.15, -0.1) is 0 Å². The van der Waals surface area contributed by atoms with Crippen molar-refractivity contribution in [3.05, 3.63) is 0 Å². The van der Waals surface area contributed by atoms with Crippen LogP contribution in [0.25, 0.3) is 0 Å². The number of esters is 2. The molecule has 59 heavy (non-hydrogen) atoms. The Morgan fingerprint density at radius 1 is 0.475 bits per heavy atom. The molecule has 1 unspecified atom stereocenters. The van der Waals surface area contributed by atoms with Gasteiger partial charge in [-0.2, -0.15) is 0 Å². The van der Waals surface area contributed by atoms with Crippen molar-refractivity contribution < 1.29 is 29.0 Å². The van der Waals surface area contributed by atoms with Crippen LogP contribution in [0.4, 0.5) is 0 Å². The van der Waals surface area contributed by atoms with Gasteiger partial charge < -0.3 is 24.8 Å². The molecule has 0 saturated heterocycles. The minimum atomic E-state index is -0.150. The summed E-state index contributed by atoms with van der Waals surface area (Å²) in [5.41, 5.74) is 0. The molecule has 1 atom stereocenters. The van der Waals surface area contributed by atoms with Crippen LogP contribution in [0.2, 0.25) is 0 Å². The van der Waals surface area contributed by atoms with Crippen molar-refractivity contribution in [2.24, 2.45) is 11.8 Å². The number of nitrogens with zero attached hydrogens (tertiary/aromatic N) is 2. The first-order valence-electron chi connectivity index (χ1n) is 25.4. The molecular formula is C50H99N3O6. The maximum absolute atomic E-state index is 12.7. The number of hydrogen-bond donors (Lipinski definition) is 2. The van der Waals surface area contributed by atoms with Gasteiger partial charge in [-0.25, -0.2) is 0 Å². The smallest absolute Gasteiger partial charge is 0.305 e. The van der Waals surface area contributed by atoms with E-state index in [1.807, 2.05) is 0 Å². The topological polar surface area (TPSA) is 108 Å². The van der Waals surface area contributed by atoms with Gasteiger partial charge in [0, 0.05) is 51.4 Å². The van der Waals surface area contributed by atoms with Gasteiger partial charge >= 0.3 is 11.9 Å². The molecule has 9 heteroatoms. The number of carbonyl (C=O) groups is 3. The highest BCUT2D eigenvalue weighted by atomic mass is 16.5. The number of hydrogen-bond acceptors (Lipinski definition) is 8. The molecule has 0 aromatic heterocycles. The van der Waals surface area contributed by atoms with E-state index < -0.39 is 0 Å². The number of rotatable bonds is 46. The van der Waals surface area contributed by atoms with Gasteiger partial charge in [0.15, 0.2) is 0 Å². The minimum Gasteiger partial charge on any atom is -0.465 e. The Morgan fingerprint density at radius 2 is 0.898 bits per heavy atom. The van der Waals surface area contributed by atoms with Gasteiger partial charge in [-0.1, -0.05) is 156 Å². The van der Waals surface area contributed by atoms with E-state index in [0.717, 1.165) is 110 Å². The summed E-state index contributed by atoms with van der Waals surface area (Å²) in [6.45, 7) is 14.9. The van der Waals surface area contributed by atoms with Crippen molar-refractivity contribution in [2.45, 2.75) is 227 Å². The zero-order valence-corrected chi connectivity index (χ0v) is 39.8. The normalized spacial score (nSPS) is 12.2. The lowest BCUT2D eigenvalue weighted by atomic mass is 9.94. The van der Waals surface area contributed by atoms with E-state index in [0.29, 0.717) is 44.9 Å². The standard InChI is InChI=1S/C50H99N3O6/c1-6-10-14-18-21-24-32-46(31-23-17-13-9-4)43-51-48(55)34-25-22-29-37-52(5)39-40-53(41-42-54)38-30-28-33-47(44-58-49(56)35-26-19-15-11-7-2)45-59-50(57)36-27-20-16-12-8-3/h46-47,54H,6-45H2,1-5H3,(H,51,55). The summed E-state index contributed by atoms with van der Waals surface area (Å²) in [4.78, 5) is 42.3. The van der Waals surface area contributed by atoms with Crippen molar-refractivity contribution >= 4 is 17.8 Å². The van der Waals surface area contributed by atoms with Gasteiger partial charge in [0.1, 0.15) is 0 Å². The molecule has 0 heterocycles. The van der Waals surface area contributed by atoms with E-state index in [2.05, 4.69) is 49.9 Å². The average molecular weight is 838 g/mol. The summed E-state index contributed by atoms with van der Waals surface area (Å²) in [6, 6.07) is 0. The lowest BCUT2D eigenvalue weighted by molar-refractivity contribution is -0.149. The summed E-state index contributed by atoms with van der Waals surface area (Å²) in [5, 5.41) is 13.0. The lowest BCUT2D eigenvalue weighted by Crippen LogP contribution is -2.36. The predicted molar refractivity (Wildman–Crippen MR) is 249 cm³/mol. The summed E-state index contributed by atoms with van der Waals surface area (Å²) in [6.07, 6.45) is 33.9. The molecule has 0 bridgehead atoms. The molecule has 0 aliphatic rings. The molecule has 350 valence electrons. The molecule has 0 rings (SSSR count). The Balaban J connectivity index is 4.54. The van der Waals surface area contributed by atoms with Crippen LogP contribution in [-0.4, -0.2) is 98.9 Å². The summed E-state index contributed by atoms with van der Waals surface area (Å²) >= 11 is 0. The van der Waals surface area contributed by atoms with E-state index in [4.69, 9.17) is 9.47 Å². The molecule has 9 nitrogen and oxygen atoms in total. The summed E-state index contributed by atoms with van der Waals surface area (Å²) in [5.74, 6) is 0.537. The molecule has 1 amide bonds. The molecule has 0 aromatic carbocycles. The second kappa shape index (κ2) is 44.3. The van der Waals surface area contributed by atoms with Gasteiger partial charge in [-0.3, -0.25) is 19.3 Å². The van der Waals surface area contributed by atoms with Crippen molar-refractivity contribution in [3.63, 3.8) is 0 Å². The van der Waals surface area contributed by atoms with Crippen molar-refractivity contribution in [2.75, 3.05) is 66.1 Å². The Hall–Kier alpha value is -1.71.